The predicted octanol–water partition coefficient (Wildman–Crippen LogP) is 3.72. The van der Waals surface area contributed by atoms with Gasteiger partial charge >= 0.3 is 0 Å². The van der Waals surface area contributed by atoms with Crippen LogP contribution in [0.5, 0.6) is 0 Å². The number of likely N-dealkylation sites (N-methyl/N-ethyl adjacent to an activating group) is 1. The van der Waals surface area contributed by atoms with Crippen LogP contribution in [0.3, 0.4) is 0 Å². The number of fused-ring (bicyclic) bond motifs is 1. The van der Waals surface area contributed by atoms with Gasteiger partial charge in [0, 0.05) is 31.0 Å². The molecule has 2 atom stereocenters. The van der Waals surface area contributed by atoms with E-state index in [4.69, 9.17) is 0 Å². The zero-order valence-corrected chi connectivity index (χ0v) is 18.5. The molecule has 1 heterocycles. The molecule has 0 bridgehead atoms. The number of hydrogen-bond acceptors (Lipinski definition) is 3. The van der Waals surface area contributed by atoms with Gasteiger partial charge in [-0.25, -0.2) is 21.5 Å². The molecule has 7 heteroatoms. The van der Waals surface area contributed by atoms with E-state index in [0.29, 0.717) is 25.1 Å². The van der Waals surface area contributed by atoms with Gasteiger partial charge in [-0.2, -0.15) is 0 Å². The van der Waals surface area contributed by atoms with Crippen LogP contribution in [0.25, 0.3) is 0 Å². The van der Waals surface area contributed by atoms with Crippen LogP contribution in [0.15, 0.2) is 36.4 Å². The first-order valence-electron chi connectivity index (χ1n) is 11.1. The van der Waals surface area contributed by atoms with Crippen LogP contribution in [-0.4, -0.2) is 44.2 Å². The van der Waals surface area contributed by atoms with Crippen molar-refractivity contribution >= 4 is 10.0 Å². The van der Waals surface area contributed by atoms with Gasteiger partial charge in [0.1, 0.15) is 11.6 Å². The standard InChI is InChI=1S/C24H28F2N2O2S/c1-27-24-11-16-10-23(26)21(17-13-28(14-17)31(29,30)19-6-3-7-19)12-20(16)22(24)9-15-4-2-5-18(25)8-15/h2,4-5,8,10,12,17,19,22,24,27H,3,6-7,9,11,13-14H2,1H3. The Kier molecular flexibility index (Phi) is 5.39. The lowest BCUT2D eigenvalue weighted by atomic mass is 9.86. The van der Waals surface area contributed by atoms with Crippen molar-refractivity contribution in [3.8, 4) is 0 Å². The molecule has 2 aliphatic carbocycles. The summed E-state index contributed by atoms with van der Waals surface area (Å²) in [4.78, 5) is 0. The highest BCUT2D eigenvalue weighted by atomic mass is 32.2. The van der Waals surface area contributed by atoms with Crippen LogP contribution >= 0.6 is 0 Å². The van der Waals surface area contributed by atoms with Crippen molar-refractivity contribution < 1.29 is 17.2 Å². The van der Waals surface area contributed by atoms with Crippen molar-refractivity contribution in [2.45, 2.75) is 55.2 Å². The summed E-state index contributed by atoms with van der Waals surface area (Å²) >= 11 is 0. The molecule has 1 saturated carbocycles. The fourth-order valence-corrected chi connectivity index (χ4v) is 7.40. The van der Waals surface area contributed by atoms with E-state index in [1.54, 1.807) is 18.2 Å². The quantitative estimate of drug-likeness (QED) is 0.736. The number of rotatable bonds is 6. The van der Waals surface area contributed by atoms with Crippen molar-refractivity contribution in [1.82, 2.24) is 9.62 Å². The van der Waals surface area contributed by atoms with Gasteiger partial charge in [0.05, 0.1) is 5.25 Å². The highest BCUT2D eigenvalue weighted by molar-refractivity contribution is 7.89. The monoisotopic (exact) mass is 446 g/mol. The molecular weight excluding hydrogens is 418 g/mol. The van der Waals surface area contributed by atoms with E-state index < -0.39 is 10.0 Å². The first-order chi connectivity index (χ1) is 14.9. The largest absolute Gasteiger partial charge is 0.316 e. The van der Waals surface area contributed by atoms with E-state index in [-0.39, 0.29) is 34.8 Å². The third-order valence-electron chi connectivity index (χ3n) is 7.42. The third kappa shape index (κ3) is 3.70. The normalized spacial score (nSPS) is 24.6. The summed E-state index contributed by atoms with van der Waals surface area (Å²) in [5.74, 6) is -0.482. The first-order valence-corrected chi connectivity index (χ1v) is 12.6. The average molecular weight is 447 g/mol. The molecule has 1 aliphatic heterocycles. The van der Waals surface area contributed by atoms with Crippen LogP contribution < -0.4 is 5.32 Å². The third-order valence-corrected chi connectivity index (χ3v) is 9.75. The molecule has 1 saturated heterocycles. The maximum atomic E-state index is 15.0. The van der Waals surface area contributed by atoms with Crippen LogP contribution in [-0.2, 0) is 22.9 Å². The highest BCUT2D eigenvalue weighted by Crippen LogP contribution is 2.41. The topological polar surface area (TPSA) is 49.4 Å². The summed E-state index contributed by atoms with van der Waals surface area (Å²) in [7, 11) is -1.33. The van der Waals surface area contributed by atoms with Crippen LogP contribution in [0.2, 0.25) is 0 Å². The first kappa shape index (κ1) is 21.0. The molecule has 0 spiro atoms. The summed E-state index contributed by atoms with van der Waals surface area (Å²) in [5.41, 5.74) is 3.62. The van der Waals surface area contributed by atoms with E-state index in [0.717, 1.165) is 42.4 Å². The second kappa shape index (κ2) is 7.94. The van der Waals surface area contributed by atoms with Gasteiger partial charge in [0.2, 0.25) is 10.0 Å². The van der Waals surface area contributed by atoms with E-state index in [2.05, 4.69) is 5.32 Å². The molecule has 3 aliphatic rings. The Morgan fingerprint density at radius 2 is 1.87 bits per heavy atom. The molecule has 2 aromatic carbocycles. The lowest BCUT2D eigenvalue weighted by Crippen LogP contribution is -2.53. The molecule has 1 N–H and O–H groups in total. The molecule has 2 unspecified atom stereocenters. The van der Waals surface area contributed by atoms with Gasteiger partial charge in [-0.3, -0.25) is 0 Å². The maximum absolute atomic E-state index is 15.0. The molecule has 4 nitrogen and oxygen atoms in total. The Labute approximate surface area is 182 Å². The minimum atomic E-state index is -3.23. The Hall–Kier alpha value is -1.83. The zero-order chi connectivity index (χ0) is 21.8. The Morgan fingerprint density at radius 3 is 2.52 bits per heavy atom. The molecule has 0 amide bonds. The molecule has 0 radical (unpaired) electrons. The number of nitrogens with zero attached hydrogens (tertiary/aromatic N) is 1. The van der Waals surface area contributed by atoms with Gasteiger partial charge in [0.15, 0.2) is 0 Å². The van der Waals surface area contributed by atoms with Gasteiger partial charge in [-0.15, -0.1) is 0 Å². The van der Waals surface area contributed by atoms with Crippen molar-refractivity contribution in [1.29, 1.82) is 0 Å². The summed E-state index contributed by atoms with van der Waals surface area (Å²) in [6.45, 7) is 0.719. The molecular formula is C24H28F2N2O2S. The number of benzene rings is 2. The SMILES string of the molecule is CNC1Cc2cc(F)c(C3CN(S(=O)(=O)C4CCC4)C3)cc2C1Cc1cccc(F)c1. The molecule has 2 aromatic rings. The summed E-state index contributed by atoms with van der Waals surface area (Å²) < 4.78 is 55.4. The van der Waals surface area contributed by atoms with E-state index in [1.165, 1.54) is 10.4 Å². The second-order valence-electron chi connectivity index (χ2n) is 9.22. The van der Waals surface area contributed by atoms with Crippen LogP contribution in [0.4, 0.5) is 8.78 Å². The molecule has 5 rings (SSSR count). The molecule has 2 fully saturated rings. The average Bonchev–Trinajstić information content (AvgIpc) is 2.95. The molecule has 166 valence electrons. The van der Waals surface area contributed by atoms with Crippen molar-refractivity contribution in [2.75, 3.05) is 20.1 Å². The number of nitrogens with one attached hydrogen (secondary N) is 1. The second-order valence-corrected chi connectivity index (χ2v) is 11.4. The summed E-state index contributed by atoms with van der Waals surface area (Å²) in [5, 5.41) is 3.10. The van der Waals surface area contributed by atoms with E-state index >= 15 is 0 Å². The fourth-order valence-electron chi connectivity index (χ4n) is 5.27. The number of sulfonamides is 1. The maximum Gasteiger partial charge on any atom is 0.217 e. The van der Waals surface area contributed by atoms with Crippen LogP contribution in [0, 0.1) is 11.6 Å². The minimum Gasteiger partial charge on any atom is -0.316 e. The van der Waals surface area contributed by atoms with Gasteiger partial charge < -0.3 is 5.32 Å². The highest BCUT2D eigenvalue weighted by Gasteiger charge is 2.44. The number of hydrogen-bond donors (Lipinski definition) is 1. The predicted molar refractivity (Wildman–Crippen MR) is 117 cm³/mol. The Bertz CT molecular complexity index is 1090. The van der Waals surface area contributed by atoms with Crippen molar-refractivity contribution in [3.05, 3.63) is 70.3 Å². The van der Waals surface area contributed by atoms with Crippen LogP contribution in [0.1, 0.15) is 53.4 Å². The van der Waals surface area contributed by atoms with Gasteiger partial charge in [-0.05, 0) is 73.2 Å². The van der Waals surface area contributed by atoms with Gasteiger partial charge in [0.25, 0.3) is 0 Å². The minimum absolute atomic E-state index is 0.108. The van der Waals surface area contributed by atoms with E-state index in [1.807, 2.05) is 19.2 Å². The molecule has 31 heavy (non-hydrogen) atoms. The fraction of sp³-hybridized carbons (Fsp3) is 0.500. The summed E-state index contributed by atoms with van der Waals surface area (Å²) in [6, 6.07) is 10.4. The lowest BCUT2D eigenvalue weighted by molar-refractivity contribution is 0.251. The summed E-state index contributed by atoms with van der Waals surface area (Å²) in [6.07, 6.45) is 3.86. The van der Waals surface area contributed by atoms with E-state index in [9.17, 15) is 17.2 Å². The Morgan fingerprint density at radius 1 is 1.10 bits per heavy atom. The Balaban J connectivity index is 1.38. The smallest absolute Gasteiger partial charge is 0.217 e. The van der Waals surface area contributed by atoms with Gasteiger partial charge in [-0.1, -0.05) is 24.6 Å². The molecule has 0 aromatic heterocycles. The van der Waals surface area contributed by atoms with Crippen molar-refractivity contribution in [3.63, 3.8) is 0 Å². The zero-order valence-electron chi connectivity index (χ0n) is 17.7. The number of halogens is 2. The lowest BCUT2D eigenvalue weighted by Gasteiger charge is -2.42. The van der Waals surface area contributed by atoms with Crippen molar-refractivity contribution in [2.24, 2.45) is 0 Å².